The molecule has 1 fully saturated rings. The standard InChI is InChI=1S/C18H29N7O/c1-18(2,3)16-5-6-17(26)25(20-16)12-11-23-7-9-24(10-8-23)14-15-13-19-21-22(15)4/h5-6,13H,7-12,14H2,1-4H3. The number of aromatic nitrogens is 5. The third kappa shape index (κ3) is 4.56. The minimum atomic E-state index is -0.0538. The predicted molar refractivity (Wildman–Crippen MR) is 99.9 cm³/mol. The molecule has 0 radical (unpaired) electrons. The fourth-order valence-electron chi connectivity index (χ4n) is 3.10. The molecule has 26 heavy (non-hydrogen) atoms. The van der Waals surface area contributed by atoms with Crippen LogP contribution in [0.2, 0.25) is 0 Å². The van der Waals surface area contributed by atoms with E-state index in [0.29, 0.717) is 6.54 Å². The van der Waals surface area contributed by atoms with Crippen molar-refractivity contribution in [2.24, 2.45) is 7.05 Å². The van der Waals surface area contributed by atoms with Crippen LogP contribution in [0, 0.1) is 0 Å². The molecule has 1 aliphatic heterocycles. The van der Waals surface area contributed by atoms with Crippen molar-refractivity contribution in [1.29, 1.82) is 0 Å². The van der Waals surface area contributed by atoms with Crippen LogP contribution in [0.1, 0.15) is 32.2 Å². The highest BCUT2D eigenvalue weighted by Crippen LogP contribution is 2.18. The Balaban J connectivity index is 1.51. The topological polar surface area (TPSA) is 72.1 Å². The Morgan fingerprint density at radius 1 is 1.04 bits per heavy atom. The molecule has 3 heterocycles. The summed E-state index contributed by atoms with van der Waals surface area (Å²) in [7, 11) is 1.93. The monoisotopic (exact) mass is 359 g/mol. The maximum atomic E-state index is 12.1. The van der Waals surface area contributed by atoms with E-state index in [-0.39, 0.29) is 11.0 Å². The molecule has 142 valence electrons. The lowest BCUT2D eigenvalue weighted by Gasteiger charge is -2.34. The van der Waals surface area contributed by atoms with Gasteiger partial charge in [-0.25, -0.2) is 4.68 Å². The van der Waals surface area contributed by atoms with Gasteiger partial charge in [-0.3, -0.25) is 19.3 Å². The lowest BCUT2D eigenvalue weighted by atomic mass is 9.92. The number of rotatable bonds is 5. The molecule has 0 spiro atoms. The van der Waals surface area contributed by atoms with Crippen molar-refractivity contribution in [3.05, 3.63) is 40.1 Å². The molecule has 0 amide bonds. The number of hydrogen-bond acceptors (Lipinski definition) is 6. The highest BCUT2D eigenvalue weighted by Gasteiger charge is 2.19. The smallest absolute Gasteiger partial charge is 0.266 e. The average Bonchev–Trinajstić information content (AvgIpc) is 2.99. The van der Waals surface area contributed by atoms with Crippen molar-refractivity contribution in [2.45, 2.75) is 39.3 Å². The highest BCUT2D eigenvalue weighted by atomic mass is 16.1. The molecule has 0 N–H and O–H groups in total. The van der Waals surface area contributed by atoms with E-state index in [1.165, 1.54) is 0 Å². The first-order valence-corrected chi connectivity index (χ1v) is 9.20. The van der Waals surface area contributed by atoms with Crippen LogP contribution in [0.5, 0.6) is 0 Å². The van der Waals surface area contributed by atoms with Gasteiger partial charge in [-0.05, 0) is 6.07 Å². The van der Waals surface area contributed by atoms with Crippen LogP contribution in [-0.4, -0.2) is 67.3 Å². The van der Waals surface area contributed by atoms with Gasteiger partial charge in [0.1, 0.15) is 0 Å². The Kier molecular flexibility index (Phi) is 5.52. The second-order valence-electron chi connectivity index (χ2n) is 8.00. The summed E-state index contributed by atoms with van der Waals surface area (Å²) in [6.45, 7) is 12.7. The summed E-state index contributed by atoms with van der Waals surface area (Å²) in [4.78, 5) is 16.9. The van der Waals surface area contributed by atoms with E-state index in [0.717, 1.165) is 50.7 Å². The summed E-state index contributed by atoms with van der Waals surface area (Å²) >= 11 is 0. The molecule has 0 unspecified atom stereocenters. The summed E-state index contributed by atoms with van der Waals surface area (Å²) in [5.41, 5.74) is 2.00. The van der Waals surface area contributed by atoms with E-state index < -0.39 is 0 Å². The minimum Gasteiger partial charge on any atom is -0.299 e. The molecule has 8 heteroatoms. The lowest BCUT2D eigenvalue weighted by Crippen LogP contribution is -2.47. The van der Waals surface area contributed by atoms with Crippen molar-refractivity contribution in [3.63, 3.8) is 0 Å². The third-order valence-electron chi connectivity index (χ3n) is 4.92. The first-order chi connectivity index (χ1) is 12.3. The molecular weight excluding hydrogens is 330 g/mol. The van der Waals surface area contributed by atoms with Crippen LogP contribution >= 0.6 is 0 Å². The summed E-state index contributed by atoms with van der Waals surface area (Å²) in [6, 6.07) is 3.47. The predicted octanol–water partition coefficient (Wildman–Crippen LogP) is 0.487. The summed E-state index contributed by atoms with van der Waals surface area (Å²) in [6.07, 6.45) is 1.83. The first-order valence-electron chi connectivity index (χ1n) is 9.20. The molecule has 3 rings (SSSR count). The fraction of sp³-hybridized carbons (Fsp3) is 0.667. The van der Waals surface area contributed by atoms with Crippen molar-refractivity contribution in [3.8, 4) is 0 Å². The quantitative estimate of drug-likeness (QED) is 0.774. The van der Waals surface area contributed by atoms with Gasteiger partial charge in [0.25, 0.3) is 5.56 Å². The molecule has 0 bridgehead atoms. The van der Waals surface area contributed by atoms with Gasteiger partial charge in [0, 0.05) is 57.8 Å². The molecule has 8 nitrogen and oxygen atoms in total. The molecule has 0 aliphatic carbocycles. The van der Waals surface area contributed by atoms with E-state index in [1.54, 1.807) is 10.7 Å². The Morgan fingerprint density at radius 2 is 1.73 bits per heavy atom. The summed E-state index contributed by atoms with van der Waals surface area (Å²) < 4.78 is 3.43. The highest BCUT2D eigenvalue weighted by molar-refractivity contribution is 5.10. The molecule has 1 aliphatic rings. The van der Waals surface area contributed by atoms with E-state index in [2.05, 4.69) is 46.0 Å². The number of aryl methyl sites for hydroxylation is 1. The molecule has 1 saturated heterocycles. The van der Waals surface area contributed by atoms with E-state index in [9.17, 15) is 4.79 Å². The Bertz CT molecular complexity index is 781. The molecule has 2 aromatic heterocycles. The van der Waals surface area contributed by atoms with Gasteiger partial charge in [-0.1, -0.05) is 26.0 Å². The normalized spacial score (nSPS) is 16.9. The van der Waals surface area contributed by atoms with Crippen molar-refractivity contribution >= 4 is 0 Å². The number of nitrogens with zero attached hydrogens (tertiary/aromatic N) is 7. The van der Waals surface area contributed by atoms with Gasteiger partial charge in [-0.2, -0.15) is 5.10 Å². The van der Waals surface area contributed by atoms with Crippen molar-refractivity contribution in [2.75, 3.05) is 32.7 Å². The van der Waals surface area contributed by atoms with Crippen LogP contribution < -0.4 is 5.56 Å². The zero-order valence-electron chi connectivity index (χ0n) is 16.2. The maximum absolute atomic E-state index is 12.1. The Morgan fingerprint density at radius 3 is 2.35 bits per heavy atom. The summed E-state index contributed by atoms with van der Waals surface area (Å²) in [5.74, 6) is 0. The second-order valence-corrected chi connectivity index (χ2v) is 8.00. The molecular formula is C18H29N7O. The van der Waals surface area contributed by atoms with Crippen molar-refractivity contribution in [1.82, 2.24) is 34.6 Å². The van der Waals surface area contributed by atoms with E-state index >= 15 is 0 Å². The van der Waals surface area contributed by atoms with Crippen LogP contribution in [0.3, 0.4) is 0 Å². The van der Waals surface area contributed by atoms with Crippen LogP contribution in [-0.2, 0) is 25.6 Å². The Labute approximate surface area is 154 Å². The van der Waals surface area contributed by atoms with E-state index in [4.69, 9.17) is 0 Å². The average molecular weight is 359 g/mol. The molecule has 0 atom stereocenters. The zero-order valence-corrected chi connectivity index (χ0v) is 16.2. The van der Waals surface area contributed by atoms with Gasteiger partial charge >= 0.3 is 0 Å². The lowest BCUT2D eigenvalue weighted by molar-refractivity contribution is 0.120. The summed E-state index contributed by atoms with van der Waals surface area (Å²) in [5, 5.41) is 12.5. The van der Waals surface area contributed by atoms with Gasteiger partial charge in [0.2, 0.25) is 0 Å². The minimum absolute atomic E-state index is 0.0275. The van der Waals surface area contributed by atoms with Crippen LogP contribution in [0.4, 0.5) is 0 Å². The number of piperazine rings is 1. The van der Waals surface area contributed by atoms with E-state index in [1.807, 2.05) is 24.0 Å². The maximum Gasteiger partial charge on any atom is 0.266 e. The third-order valence-corrected chi connectivity index (χ3v) is 4.92. The van der Waals surface area contributed by atoms with Gasteiger partial charge < -0.3 is 0 Å². The van der Waals surface area contributed by atoms with Crippen LogP contribution in [0.15, 0.2) is 23.1 Å². The molecule has 2 aromatic rings. The fourth-order valence-corrected chi connectivity index (χ4v) is 3.10. The first kappa shape index (κ1) is 18.7. The van der Waals surface area contributed by atoms with Gasteiger partial charge in [0.15, 0.2) is 0 Å². The van der Waals surface area contributed by atoms with Gasteiger partial charge in [0.05, 0.1) is 24.1 Å². The van der Waals surface area contributed by atoms with Crippen LogP contribution in [0.25, 0.3) is 0 Å². The van der Waals surface area contributed by atoms with Crippen molar-refractivity contribution < 1.29 is 0 Å². The zero-order chi connectivity index (χ0) is 18.7. The Hall–Kier alpha value is -2.06. The second kappa shape index (κ2) is 7.67. The molecule has 0 saturated carbocycles. The largest absolute Gasteiger partial charge is 0.299 e. The van der Waals surface area contributed by atoms with Gasteiger partial charge in [-0.15, -0.1) is 5.10 Å². The molecule has 0 aromatic carbocycles. The number of hydrogen-bond donors (Lipinski definition) is 0. The SMILES string of the molecule is Cn1nncc1CN1CCN(CCn2nc(C(C)(C)C)ccc2=O)CC1.